The molecule has 0 aromatic carbocycles. The fourth-order valence-electron chi connectivity index (χ4n) is 2.20. The van der Waals surface area contributed by atoms with Crippen molar-refractivity contribution < 1.29 is 31.8 Å². The smallest absolute Gasteiger partial charge is 0.425 e. The first-order valence-corrected chi connectivity index (χ1v) is 8.01. The summed E-state index contributed by atoms with van der Waals surface area (Å²) < 4.78 is 65.4. The highest BCUT2D eigenvalue weighted by atomic mass is 19.2. The van der Waals surface area contributed by atoms with Gasteiger partial charge >= 0.3 is 6.16 Å². The van der Waals surface area contributed by atoms with Crippen molar-refractivity contribution in [3.63, 3.8) is 0 Å². The summed E-state index contributed by atoms with van der Waals surface area (Å²) in [5.41, 5.74) is -7.70. The maximum atomic E-state index is 14.6. The number of carbonyl (C=O) groups excluding carboxylic acids is 1. The Hall–Kier alpha value is -1.01. The molecule has 0 saturated heterocycles. The van der Waals surface area contributed by atoms with E-state index >= 15 is 0 Å². The van der Waals surface area contributed by atoms with Crippen LogP contribution in [0.1, 0.15) is 68.2 Å². The minimum absolute atomic E-state index is 0.475. The molecule has 3 nitrogen and oxygen atoms in total. The Labute approximate surface area is 142 Å². The maximum Gasteiger partial charge on any atom is 0.509 e. The Bertz CT molecular complexity index is 392. The van der Waals surface area contributed by atoms with Crippen molar-refractivity contribution in [2.24, 2.45) is 0 Å². The van der Waals surface area contributed by atoms with E-state index in [9.17, 15) is 22.4 Å². The lowest BCUT2D eigenvalue weighted by atomic mass is 9.84. The van der Waals surface area contributed by atoms with Crippen LogP contribution in [0.5, 0.6) is 0 Å². The van der Waals surface area contributed by atoms with Crippen molar-refractivity contribution in [2.75, 3.05) is 0 Å². The number of alkyl halides is 4. The fraction of sp³-hybridized carbons (Fsp3) is 0.941. The molecule has 144 valence electrons. The van der Waals surface area contributed by atoms with Gasteiger partial charge in [-0.3, -0.25) is 0 Å². The molecular formula is C17H30F4O3. The van der Waals surface area contributed by atoms with E-state index in [1.54, 1.807) is 0 Å². The fourth-order valence-corrected chi connectivity index (χ4v) is 2.20. The SMILES string of the molecule is CC(F)CC(C)(F)C(C)(C)OC(=O)OC(C)(C)C(C)(F)CC(C)F. The van der Waals surface area contributed by atoms with Crippen LogP contribution in [0, 0.1) is 0 Å². The van der Waals surface area contributed by atoms with Crippen molar-refractivity contribution >= 4 is 6.16 Å². The molecule has 0 aliphatic carbocycles. The van der Waals surface area contributed by atoms with Crippen LogP contribution < -0.4 is 0 Å². The van der Waals surface area contributed by atoms with E-state index in [0.29, 0.717) is 0 Å². The summed E-state index contributed by atoms with van der Waals surface area (Å²) in [6, 6.07) is 0. The molecule has 4 atom stereocenters. The predicted octanol–water partition coefficient (Wildman–Crippen LogP) is 5.65. The Morgan fingerprint density at radius 2 is 1.04 bits per heavy atom. The molecule has 0 fully saturated rings. The molecule has 0 bridgehead atoms. The number of hydrogen-bond donors (Lipinski definition) is 0. The molecule has 0 spiro atoms. The lowest BCUT2D eigenvalue weighted by Gasteiger charge is -2.40. The Morgan fingerprint density at radius 1 is 0.792 bits per heavy atom. The molecule has 7 heteroatoms. The quantitative estimate of drug-likeness (QED) is 0.415. The zero-order valence-corrected chi connectivity index (χ0v) is 15.8. The molecule has 0 radical (unpaired) electrons. The second-order valence-corrected chi connectivity index (χ2v) is 7.84. The summed E-state index contributed by atoms with van der Waals surface area (Å²) in [4.78, 5) is 12.0. The molecule has 0 heterocycles. The molecule has 0 aromatic heterocycles. The maximum absolute atomic E-state index is 14.6. The summed E-state index contributed by atoms with van der Waals surface area (Å²) >= 11 is 0. The molecule has 24 heavy (non-hydrogen) atoms. The van der Waals surface area contributed by atoms with Crippen molar-refractivity contribution in [2.45, 2.75) is 103 Å². The largest absolute Gasteiger partial charge is 0.509 e. The Morgan fingerprint density at radius 3 is 1.25 bits per heavy atom. The van der Waals surface area contributed by atoms with Gasteiger partial charge < -0.3 is 9.47 Å². The van der Waals surface area contributed by atoms with Gasteiger partial charge in [0.2, 0.25) is 0 Å². The Balaban J connectivity index is 5.06. The molecule has 0 amide bonds. The third kappa shape index (κ3) is 6.13. The van der Waals surface area contributed by atoms with Crippen LogP contribution in [-0.2, 0) is 9.47 Å². The highest BCUT2D eigenvalue weighted by Gasteiger charge is 2.50. The van der Waals surface area contributed by atoms with Crippen molar-refractivity contribution in [3.05, 3.63) is 0 Å². The van der Waals surface area contributed by atoms with Gasteiger partial charge in [-0.15, -0.1) is 0 Å². The van der Waals surface area contributed by atoms with Crippen LogP contribution in [0.25, 0.3) is 0 Å². The van der Waals surface area contributed by atoms with Gasteiger partial charge in [-0.05, 0) is 55.4 Å². The van der Waals surface area contributed by atoms with Crippen LogP contribution in [0.4, 0.5) is 22.4 Å². The summed E-state index contributed by atoms with van der Waals surface area (Å²) in [5.74, 6) is 0. The number of carbonyl (C=O) groups is 1. The zero-order valence-electron chi connectivity index (χ0n) is 15.8. The van der Waals surface area contributed by atoms with Crippen LogP contribution >= 0.6 is 0 Å². The summed E-state index contributed by atoms with van der Waals surface area (Å²) in [5, 5.41) is 0. The van der Waals surface area contributed by atoms with Crippen LogP contribution in [0.3, 0.4) is 0 Å². The van der Waals surface area contributed by atoms with Crippen LogP contribution in [-0.4, -0.2) is 41.0 Å². The first-order chi connectivity index (χ1) is 10.4. The highest BCUT2D eigenvalue weighted by molar-refractivity contribution is 5.61. The second-order valence-electron chi connectivity index (χ2n) is 7.84. The molecule has 0 rings (SSSR count). The molecule has 0 aromatic rings. The third-order valence-corrected chi connectivity index (χ3v) is 4.52. The number of rotatable bonds is 8. The molecule has 0 saturated carbocycles. The van der Waals surface area contributed by atoms with Gasteiger partial charge in [0, 0.05) is 12.8 Å². The first kappa shape index (κ1) is 23.0. The van der Waals surface area contributed by atoms with E-state index in [4.69, 9.17) is 9.47 Å². The van der Waals surface area contributed by atoms with Crippen molar-refractivity contribution in [1.82, 2.24) is 0 Å². The van der Waals surface area contributed by atoms with Crippen LogP contribution in [0.2, 0.25) is 0 Å². The first-order valence-electron chi connectivity index (χ1n) is 8.01. The summed E-state index contributed by atoms with van der Waals surface area (Å²) in [7, 11) is 0. The van der Waals surface area contributed by atoms with E-state index in [0.717, 1.165) is 13.8 Å². The van der Waals surface area contributed by atoms with E-state index in [1.165, 1.54) is 41.5 Å². The molecule has 0 N–H and O–H groups in total. The van der Waals surface area contributed by atoms with E-state index < -0.39 is 53.9 Å². The minimum atomic E-state index is -2.16. The minimum Gasteiger partial charge on any atom is -0.425 e. The summed E-state index contributed by atoms with van der Waals surface area (Å²) in [6.07, 6.45) is -5.12. The Kier molecular flexibility index (Phi) is 7.16. The zero-order chi connectivity index (χ0) is 19.6. The molecule has 4 unspecified atom stereocenters. The van der Waals surface area contributed by atoms with Gasteiger partial charge in [0.05, 0.1) is 0 Å². The second kappa shape index (κ2) is 7.48. The third-order valence-electron chi connectivity index (χ3n) is 4.52. The normalized spacial score (nSPS) is 20.5. The highest BCUT2D eigenvalue weighted by Crippen LogP contribution is 2.38. The average molecular weight is 358 g/mol. The number of hydrogen-bond acceptors (Lipinski definition) is 3. The molecule has 0 aliphatic rings. The summed E-state index contributed by atoms with van der Waals surface area (Å²) in [6.45, 7) is 9.74. The lowest BCUT2D eigenvalue weighted by molar-refractivity contribution is -0.149. The standard InChI is InChI=1S/C17H30F4O3/c1-11(18)9-16(7,20)14(3,4)23-13(22)24-15(5,6)17(8,21)10-12(2)19/h11-12H,9-10H2,1-8H3. The van der Waals surface area contributed by atoms with E-state index in [2.05, 4.69) is 0 Å². The van der Waals surface area contributed by atoms with Crippen molar-refractivity contribution in [1.29, 1.82) is 0 Å². The topological polar surface area (TPSA) is 35.5 Å². The van der Waals surface area contributed by atoms with E-state index in [-0.39, 0.29) is 0 Å². The van der Waals surface area contributed by atoms with Gasteiger partial charge in [-0.2, -0.15) is 0 Å². The van der Waals surface area contributed by atoms with Gasteiger partial charge in [0.25, 0.3) is 0 Å². The van der Waals surface area contributed by atoms with Gasteiger partial charge in [-0.1, -0.05) is 0 Å². The van der Waals surface area contributed by atoms with E-state index in [1.807, 2.05) is 0 Å². The number of halogens is 4. The molecule has 0 aliphatic heterocycles. The van der Waals surface area contributed by atoms with Gasteiger partial charge in [0.15, 0.2) is 0 Å². The van der Waals surface area contributed by atoms with Crippen molar-refractivity contribution in [3.8, 4) is 0 Å². The monoisotopic (exact) mass is 358 g/mol. The number of ether oxygens (including phenoxy) is 2. The van der Waals surface area contributed by atoms with Gasteiger partial charge in [-0.25, -0.2) is 22.4 Å². The predicted molar refractivity (Wildman–Crippen MR) is 85.1 cm³/mol. The average Bonchev–Trinajstić information content (AvgIpc) is 2.22. The van der Waals surface area contributed by atoms with Gasteiger partial charge in [0.1, 0.15) is 34.9 Å². The lowest BCUT2D eigenvalue weighted by Crippen LogP contribution is -2.52. The molecular weight excluding hydrogens is 328 g/mol. The van der Waals surface area contributed by atoms with Crippen LogP contribution in [0.15, 0.2) is 0 Å².